The van der Waals surface area contributed by atoms with Crippen molar-refractivity contribution in [2.75, 3.05) is 7.11 Å². The number of methoxy groups -OCH3 is 1. The summed E-state index contributed by atoms with van der Waals surface area (Å²) in [5.41, 5.74) is 1.95. The van der Waals surface area contributed by atoms with Crippen LogP contribution in [0.2, 0.25) is 0 Å². The summed E-state index contributed by atoms with van der Waals surface area (Å²) < 4.78 is 5.16. The van der Waals surface area contributed by atoms with Gasteiger partial charge in [-0.25, -0.2) is 4.98 Å². The normalized spacial score (nSPS) is 17.3. The molecule has 2 aromatic rings. The third-order valence-electron chi connectivity index (χ3n) is 4.75. The van der Waals surface area contributed by atoms with Crippen molar-refractivity contribution in [3.05, 3.63) is 23.9 Å². The zero-order valence-electron chi connectivity index (χ0n) is 13.5. The van der Waals surface area contributed by atoms with E-state index < -0.39 is 6.10 Å². The van der Waals surface area contributed by atoms with Gasteiger partial charge in [0.2, 0.25) is 5.88 Å². The van der Waals surface area contributed by atoms with Crippen molar-refractivity contribution in [1.82, 2.24) is 9.97 Å². The first-order chi connectivity index (χ1) is 11.2. The van der Waals surface area contributed by atoms with Gasteiger partial charge in [-0.2, -0.15) is 0 Å². The number of fused-ring (bicyclic) bond motifs is 1. The van der Waals surface area contributed by atoms with E-state index in [-0.39, 0.29) is 5.75 Å². The lowest BCUT2D eigenvalue weighted by Crippen LogP contribution is -2.18. The molecule has 0 radical (unpaired) electrons. The summed E-state index contributed by atoms with van der Waals surface area (Å²) in [4.78, 5) is 8.59. The smallest absolute Gasteiger partial charge is 0.213 e. The Morgan fingerprint density at radius 3 is 2.78 bits per heavy atom. The molecule has 1 saturated carbocycles. The predicted molar refractivity (Wildman–Crippen MR) is 88.7 cm³/mol. The minimum absolute atomic E-state index is 0.0842. The number of aromatic nitrogens is 2. The average molecular weight is 316 g/mol. The fourth-order valence-corrected chi connectivity index (χ4v) is 3.53. The Labute approximate surface area is 136 Å². The Hall–Kier alpha value is -1.88. The first-order valence-corrected chi connectivity index (χ1v) is 8.37. The zero-order valence-corrected chi connectivity index (χ0v) is 13.5. The number of nitrogens with zero attached hydrogens (tertiary/aromatic N) is 2. The Morgan fingerprint density at radius 2 is 2.04 bits per heavy atom. The highest BCUT2D eigenvalue weighted by Crippen LogP contribution is 2.31. The van der Waals surface area contributed by atoms with Crippen molar-refractivity contribution < 1.29 is 14.9 Å². The van der Waals surface area contributed by atoms with Crippen LogP contribution in [-0.4, -0.2) is 33.4 Å². The molecule has 0 saturated heterocycles. The zero-order chi connectivity index (χ0) is 16.2. The Morgan fingerprint density at radius 1 is 1.26 bits per heavy atom. The number of aliphatic hydroxyl groups is 1. The first kappa shape index (κ1) is 16.0. The summed E-state index contributed by atoms with van der Waals surface area (Å²) in [5.74, 6) is 1.16. The van der Waals surface area contributed by atoms with E-state index in [0.29, 0.717) is 34.8 Å². The Kier molecular flexibility index (Phi) is 4.96. The monoisotopic (exact) mass is 316 g/mol. The third kappa shape index (κ3) is 3.72. The van der Waals surface area contributed by atoms with Crippen LogP contribution in [0.3, 0.4) is 0 Å². The number of aliphatic hydroxyl groups excluding tert-OH is 1. The van der Waals surface area contributed by atoms with Crippen molar-refractivity contribution in [3.63, 3.8) is 0 Å². The molecule has 1 aliphatic rings. The molecule has 1 atom stereocenters. The standard InChI is InChI=1S/C18H24N2O3/c1-23-17-8-7-15-18(20-17)14(16(22)11-19-15)10-13(21)9-12-5-3-2-4-6-12/h7-8,11-13,21-22H,2-6,9-10H2,1H3. The molecule has 0 aliphatic heterocycles. The topological polar surface area (TPSA) is 75.5 Å². The van der Waals surface area contributed by atoms with Gasteiger partial charge < -0.3 is 14.9 Å². The van der Waals surface area contributed by atoms with E-state index in [2.05, 4.69) is 9.97 Å². The molecule has 0 aromatic carbocycles. The fraction of sp³-hybridized carbons (Fsp3) is 0.556. The highest BCUT2D eigenvalue weighted by atomic mass is 16.5. The van der Waals surface area contributed by atoms with Crippen LogP contribution in [0, 0.1) is 5.92 Å². The van der Waals surface area contributed by atoms with Crippen LogP contribution >= 0.6 is 0 Å². The van der Waals surface area contributed by atoms with Gasteiger partial charge in [0.1, 0.15) is 5.75 Å². The summed E-state index contributed by atoms with van der Waals surface area (Å²) in [6.45, 7) is 0. The van der Waals surface area contributed by atoms with Crippen molar-refractivity contribution in [2.24, 2.45) is 5.92 Å². The molecule has 0 bridgehead atoms. The third-order valence-corrected chi connectivity index (χ3v) is 4.75. The average Bonchev–Trinajstić information content (AvgIpc) is 2.58. The molecule has 2 N–H and O–H groups in total. The minimum Gasteiger partial charge on any atom is -0.506 e. The number of pyridine rings is 2. The van der Waals surface area contributed by atoms with Gasteiger partial charge in [-0.3, -0.25) is 4.98 Å². The second-order valence-electron chi connectivity index (χ2n) is 6.44. The van der Waals surface area contributed by atoms with E-state index >= 15 is 0 Å². The van der Waals surface area contributed by atoms with E-state index in [4.69, 9.17) is 4.74 Å². The van der Waals surface area contributed by atoms with Gasteiger partial charge in [0.15, 0.2) is 0 Å². The molecule has 2 heterocycles. The molecular weight excluding hydrogens is 292 g/mol. The van der Waals surface area contributed by atoms with Crippen LogP contribution in [0.5, 0.6) is 11.6 Å². The lowest BCUT2D eigenvalue weighted by atomic mass is 9.84. The van der Waals surface area contributed by atoms with E-state index in [1.165, 1.54) is 38.3 Å². The van der Waals surface area contributed by atoms with Gasteiger partial charge in [0.05, 0.1) is 30.4 Å². The highest BCUT2D eigenvalue weighted by Gasteiger charge is 2.20. The van der Waals surface area contributed by atoms with Crippen LogP contribution in [0.1, 0.15) is 44.1 Å². The largest absolute Gasteiger partial charge is 0.506 e. The molecule has 124 valence electrons. The molecular formula is C18H24N2O3. The highest BCUT2D eigenvalue weighted by molar-refractivity contribution is 5.80. The summed E-state index contributed by atoms with van der Waals surface area (Å²) >= 11 is 0. The van der Waals surface area contributed by atoms with Crippen LogP contribution < -0.4 is 4.74 Å². The molecule has 23 heavy (non-hydrogen) atoms. The molecule has 3 rings (SSSR count). The molecule has 1 fully saturated rings. The maximum Gasteiger partial charge on any atom is 0.213 e. The maximum atomic E-state index is 10.5. The SMILES string of the molecule is COc1ccc2ncc(O)c(CC(O)CC3CCCCC3)c2n1. The predicted octanol–water partition coefficient (Wildman–Crippen LogP) is 3.22. The van der Waals surface area contributed by atoms with Gasteiger partial charge in [0.25, 0.3) is 0 Å². The second kappa shape index (κ2) is 7.13. The van der Waals surface area contributed by atoms with E-state index in [0.717, 1.165) is 6.42 Å². The van der Waals surface area contributed by atoms with Crippen molar-refractivity contribution in [2.45, 2.75) is 51.0 Å². The molecule has 1 unspecified atom stereocenters. The van der Waals surface area contributed by atoms with E-state index in [1.807, 2.05) is 6.07 Å². The number of hydrogen-bond donors (Lipinski definition) is 2. The molecule has 0 amide bonds. The molecule has 1 aliphatic carbocycles. The molecule has 5 nitrogen and oxygen atoms in total. The van der Waals surface area contributed by atoms with Gasteiger partial charge in [-0.15, -0.1) is 0 Å². The Bertz CT molecular complexity index is 669. The van der Waals surface area contributed by atoms with Crippen LogP contribution in [0.15, 0.2) is 18.3 Å². The van der Waals surface area contributed by atoms with Gasteiger partial charge in [-0.1, -0.05) is 32.1 Å². The molecule has 0 spiro atoms. The number of hydrogen-bond acceptors (Lipinski definition) is 5. The second-order valence-corrected chi connectivity index (χ2v) is 6.44. The van der Waals surface area contributed by atoms with Crippen LogP contribution in [0.4, 0.5) is 0 Å². The molecule has 2 aromatic heterocycles. The van der Waals surface area contributed by atoms with Gasteiger partial charge in [0, 0.05) is 18.1 Å². The van der Waals surface area contributed by atoms with Gasteiger partial charge >= 0.3 is 0 Å². The fourth-order valence-electron chi connectivity index (χ4n) is 3.53. The maximum absolute atomic E-state index is 10.5. The summed E-state index contributed by atoms with van der Waals surface area (Å²) in [5, 5.41) is 20.6. The van der Waals surface area contributed by atoms with Crippen LogP contribution in [0.25, 0.3) is 11.0 Å². The summed E-state index contributed by atoms with van der Waals surface area (Å²) in [6, 6.07) is 3.56. The lowest BCUT2D eigenvalue weighted by molar-refractivity contribution is 0.130. The number of rotatable bonds is 5. The lowest BCUT2D eigenvalue weighted by Gasteiger charge is -2.24. The quantitative estimate of drug-likeness (QED) is 0.886. The number of ether oxygens (including phenoxy) is 1. The summed E-state index contributed by atoms with van der Waals surface area (Å²) in [7, 11) is 1.56. The summed E-state index contributed by atoms with van der Waals surface area (Å²) in [6.07, 6.45) is 8.37. The molecule has 5 heteroatoms. The van der Waals surface area contributed by atoms with E-state index in [9.17, 15) is 10.2 Å². The number of aromatic hydroxyl groups is 1. The van der Waals surface area contributed by atoms with Crippen LogP contribution in [-0.2, 0) is 6.42 Å². The van der Waals surface area contributed by atoms with Gasteiger partial charge in [-0.05, 0) is 18.4 Å². The Balaban J connectivity index is 1.81. The van der Waals surface area contributed by atoms with Crippen molar-refractivity contribution in [3.8, 4) is 11.6 Å². The van der Waals surface area contributed by atoms with E-state index in [1.54, 1.807) is 13.2 Å². The van der Waals surface area contributed by atoms with Crippen molar-refractivity contribution in [1.29, 1.82) is 0 Å². The first-order valence-electron chi connectivity index (χ1n) is 8.37. The van der Waals surface area contributed by atoms with Crippen molar-refractivity contribution >= 4 is 11.0 Å². The minimum atomic E-state index is -0.470.